The summed E-state index contributed by atoms with van der Waals surface area (Å²) >= 11 is 0. The summed E-state index contributed by atoms with van der Waals surface area (Å²) in [6.07, 6.45) is 0.753. The third-order valence-electron chi connectivity index (χ3n) is 4.76. The molecule has 1 atom stereocenters. The minimum absolute atomic E-state index is 0.00800. The van der Waals surface area contributed by atoms with Gasteiger partial charge in [-0.2, -0.15) is 15.4 Å². The predicted octanol–water partition coefficient (Wildman–Crippen LogP) is 2.59. The summed E-state index contributed by atoms with van der Waals surface area (Å²) in [5.74, 6) is -0.533. The first-order chi connectivity index (χ1) is 14.3. The van der Waals surface area contributed by atoms with Gasteiger partial charge < -0.3 is 15.3 Å². The van der Waals surface area contributed by atoms with E-state index in [1.165, 1.54) is 36.1 Å². The van der Waals surface area contributed by atoms with Crippen molar-refractivity contribution in [1.82, 2.24) is 19.8 Å². The first-order valence-corrected chi connectivity index (χ1v) is 8.95. The zero-order chi connectivity index (χ0) is 21.6. The van der Waals surface area contributed by atoms with E-state index in [0.29, 0.717) is 11.1 Å². The number of rotatable bonds is 0. The van der Waals surface area contributed by atoms with Crippen LogP contribution in [0.1, 0.15) is 34.8 Å². The van der Waals surface area contributed by atoms with Gasteiger partial charge in [0.15, 0.2) is 23.0 Å². The maximum absolute atomic E-state index is 13.9. The normalized spacial score (nSPS) is 15.6. The van der Waals surface area contributed by atoms with Gasteiger partial charge in [-0.3, -0.25) is 9.48 Å². The van der Waals surface area contributed by atoms with E-state index in [9.17, 15) is 14.4 Å². The van der Waals surface area contributed by atoms with E-state index >= 15 is 0 Å². The van der Waals surface area contributed by atoms with E-state index < -0.39 is 17.8 Å². The van der Waals surface area contributed by atoms with Crippen molar-refractivity contribution >= 4 is 11.7 Å². The van der Waals surface area contributed by atoms with Gasteiger partial charge in [-0.1, -0.05) is 0 Å². The number of amides is 1. The highest BCUT2D eigenvalue weighted by Gasteiger charge is 2.29. The molecular weight excluding hydrogens is 391 g/mol. The van der Waals surface area contributed by atoms with Gasteiger partial charge in [-0.05, 0) is 31.2 Å². The van der Waals surface area contributed by atoms with Crippen LogP contribution in [-0.2, 0) is 7.05 Å². The lowest BCUT2D eigenvalue weighted by Crippen LogP contribution is -2.31. The highest BCUT2D eigenvalue weighted by molar-refractivity contribution is 6.00. The first kappa shape index (κ1) is 19.2. The Kier molecular flexibility index (Phi) is 4.50. The molecule has 9 nitrogen and oxygen atoms in total. The molecule has 2 N–H and O–H groups in total. The fourth-order valence-corrected chi connectivity index (χ4v) is 3.27. The molecule has 1 aromatic carbocycles. The minimum Gasteiger partial charge on any atom is -0.482 e. The summed E-state index contributed by atoms with van der Waals surface area (Å²) < 4.78 is 21.2. The molecular formula is C20H17FN6O3. The Morgan fingerprint density at radius 3 is 2.77 bits per heavy atom. The van der Waals surface area contributed by atoms with Crippen LogP contribution in [0, 0.1) is 17.1 Å². The number of ether oxygens (including phenoxy) is 1. The number of pyridine rings is 1. The van der Waals surface area contributed by atoms with Gasteiger partial charge in [0, 0.05) is 31.4 Å². The van der Waals surface area contributed by atoms with E-state index in [1.54, 1.807) is 20.0 Å². The number of aromatic nitrogens is 3. The number of halogens is 1. The Morgan fingerprint density at radius 2 is 2.03 bits per heavy atom. The Labute approximate surface area is 171 Å². The van der Waals surface area contributed by atoms with Crippen LogP contribution in [-0.4, -0.2) is 32.8 Å². The molecule has 0 unspecified atom stereocenters. The van der Waals surface area contributed by atoms with Crippen LogP contribution in [0.4, 0.5) is 10.2 Å². The lowest BCUT2D eigenvalue weighted by Gasteiger charge is -2.23. The molecule has 0 saturated heterocycles. The number of hydrogen-bond acceptors (Lipinski definition) is 7. The van der Waals surface area contributed by atoms with Crippen molar-refractivity contribution in [3.05, 3.63) is 53.2 Å². The summed E-state index contributed by atoms with van der Waals surface area (Å²) in [5.41, 5.74) is 7.21. The molecule has 4 rings (SSSR count). The molecule has 1 aliphatic heterocycles. The summed E-state index contributed by atoms with van der Waals surface area (Å²) in [5, 5.41) is 14.8. The van der Waals surface area contributed by atoms with Gasteiger partial charge in [0.25, 0.3) is 0 Å². The van der Waals surface area contributed by atoms with E-state index in [2.05, 4.69) is 16.2 Å². The number of nitriles is 1. The second-order valence-corrected chi connectivity index (χ2v) is 6.75. The minimum atomic E-state index is -0.679. The van der Waals surface area contributed by atoms with Crippen LogP contribution < -0.4 is 15.3 Å². The molecule has 30 heavy (non-hydrogen) atoms. The lowest BCUT2D eigenvalue weighted by molar-refractivity contribution is -0.0161. The Morgan fingerprint density at radius 1 is 1.27 bits per heavy atom. The molecule has 3 heterocycles. The van der Waals surface area contributed by atoms with E-state index in [4.69, 9.17) is 15.3 Å². The van der Waals surface area contributed by atoms with Crippen molar-refractivity contribution in [3.8, 4) is 28.7 Å². The Hall–Kier alpha value is -4.13. The molecule has 152 valence electrons. The van der Waals surface area contributed by atoms with Crippen molar-refractivity contribution in [1.29, 1.82) is 5.26 Å². The molecule has 0 spiro atoms. The second-order valence-electron chi connectivity index (χ2n) is 6.75. The van der Waals surface area contributed by atoms with Crippen LogP contribution >= 0.6 is 0 Å². The number of carbonyl (C=O) groups is 1. The predicted molar refractivity (Wildman–Crippen MR) is 104 cm³/mol. The number of anilines is 1. The Bertz CT molecular complexity index is 1220. The molecule has 1 amide bonds. The summed E-state index contributed by atoms with van der Waals surface area (Å²) in [6.45, 7) is 1.69. The lowest BCUT2D eigenvalue weighted by atomic mass is 10.0. The number of hydroxylamine groups is 2. The molecule has 3 aromatic rings. The molecule has 2 aromatic heterocycles. The zero-order valence-electron chi connectivity index (χ0n) is 16.4. The van der Waals surface area contributed by atoms with Gasteiger partial charge >= 0.3 is 5.91 Å². The van der Waals surface area contributed by atoms with Crippen molar-refractivity contribution in [2.75, 3.05) is 12.8 Å². The maximum atomic E-state index is 13.9. The molecule has 2 bridgehead atoms. The number of aryl methyl sites for hydroxylation is 1. The number of benzene rings is 1. The number of nitrogens with two attached hydrogens (primary N) is 1. The highest BCUT2D eigenvalue weighted by atomic mass is 19.1. The van der Waals surface area contributed by atoms with Crippen molar-refractivity contribution in [3.63, 3.8) is 0 Å². The average Bonchev–Trinajstić information content (AvgIpc) is 3.05. The van der Waals surface area contributed by atoms with Gasteiger partial charge in [-0.15, -0.1) is 0 Å². The Balaban J connectivity index is 1.99. The molecule has 0 saturated carbocycles. The first-order valence-electron chi connectivity index (χ1n) is 8.95. The maximum Gasteiger partial charge on any atom is 0.307 e. The quantitative estimate of drug-likeness (QED) is 0.607. The topological polar surface area (TPSA) is 119 Å². The second kappa shape index (κ2) is 7.04. The standard InChI is InChI=1S/C20H17FN6O3/c1-10-13-7-12(21)4-5-15(13)30-27(3)20(28)18-17(14(8-22)26(2)25-18)11-6-16(29-10)19(23)24-9-11/h4-7,9-10H,1-3H3,(H2,23,24)/t10-/m1/s1. The number of carbonyl (C=O) groups excluding carboxylic acids is 1. The number of fused-ring (bicyclic) bond motifs is 5. The van der Waals surface area contributed by atoms with Crippen LogP contribution in [0.5, 0.6) is 11.5 Å². The molecule has 0 radical (unpaired) electrons. The van der Waals surface area contributed by atoms with Crippen LogP contribution in [0.15, 0.2) is 30.5 Å². The van der Waals surface area contributed by atoms with Gasteiger partial charge in [0.05, 0.1) is 5.56 Å². The molecule has 10 heteroatoms. The van der Waals surface area contributed by atoms with Crippen molar-refractivity contribution < 1.29 is 18.8 Å². The average molecular weight is 408 g/mol. The van der Waals surface area contributed by atoms with Crippen LogP contribution in [0.2, 0.25) is 0 Å². The fraction of sp³-hybridized carbons (Fsp3) is 0.200. The number of nitrogens with zero attached hydrogens (tertiary/aromatic N) is 5. The summed E-state index contributed by atoms with van der Waals surface area (Å²) in [4.78, 5) is 23.0. The molecule has 0 aliphatic carbocycles. The number of hydrogen-bond donors (Lipinski definition) is 1. The monoisotopic (exact) mass is 408 g/mol. The SMILES string of the molecule is C[C@H]1Oc2cc(cnc2N)-c2c(nn(C)c2C#N)C(=O)N(C)Oc2ccc(F)cc21. The molecule has 0 fully saturated rings. The zero-order valence-corrected chi connectivity index (χ0v) is 16.4. The van der Waals surface area contributed by atoms with Crippen LogP contribution in [0.3, 0.4) is 0 Å². The number of nitrogen functional groups attached to an aromatic ring is 1. The van der Waals surface area contributed by atoms with E-state index in [1.807, 2.05) is 0 Å². The molecule has 1 aliphatic rings. The fourth-order valence-electron chi connectivity index (χ4n) is 3.27. The van der Waals surface area contributed by atoms with E-state index in [-0.39, 0.29) is 34.3 Å². The largest absolute Gasteiger partial charge is 0.482 e. The van der Waals surface area contributed by atoms with Gasteiger partial charge in [0.1, 0.15) is 23.7 Å². The van der Waals surface area contributed by atoms with Gasteiger partial charge in [0.2, 0.25) is 0 Å². The third-order valence-corrected chi connectivity index (χ3v) is 4.76. The van der Waals surface area contributed by atoms with Gasteiger partial charge in [-0.25, -0.2) is 9.37 Å². The van der Waals surface area contributed by atoms with E-state index in [0.717, 1.165) is 5.06 Å². The smallest absolute Gasteiger partial charge is 0.307 e. The van der Waals surface area contributed by atoms with Crippen molar-refractivity contribution in [2.24, 2.45) is 7.05 Å². The highest BCUT2D eigenvalue weighted by Crippen LogP contribution is 2.37. The summed E-state index contributed by atoms with van der Waals surface area (Å²) in [7, 11) is 2.96. The van der Waals surface area contributed by atoms with Crippen molar-refractivity contribution in [2.45, 2.75) is 13.0 Å². The third kappa shape index (κ3) is 3.06. The summed E-state index contributed by atoms with van der Waals surface area (Å²) in [6, 6.07) is 7.51. The van der Waals surface area contributed by atoms with Crippen LogP contribution in [0.25, 0.3) is 11.1 Å².